The molecule has 2 aromatic rings. The predicted molar refractivity (Wildman–Crippen MR) is 96.8 cm³/mol. The number of aryl methyl sites for hydroxylation is 1. The minimum atomic E-state index is -0.242. The van der Waals surface area contributed by atoms with Gasteiger partial charge in [-0.25, -0.2) is 9.37 Å². The van der Waals surface area contributed by atoms with E-state index in [1.807, 2.05) is 19.1 Å². The van der Waals surface area contributed by atoms with E-state index in [0.717, 1.165) is 42.0 Å². The summed E-state index contributed by atoms with van der Waals surface area (Å²) in [6.45, 7) is 4.00. The number of rotatable bonds is 5. The van der Waals surface area contributed by atoms with Gasteiger partial charge in [-0.05, 0) is 55.2 Å². The molecule has 0 radical (unpaired) electrons. The summed E-state index contributed by atoms with van der Waals surface area (Å²) in [5, 5.41) is 3.26. The van der Waals surface area contributed by atoms with Crippen LogP contribution in [0.3, 0.4) is 0 Å². The Morgan fingerprint density at radius 2 is 2.24 bits per heavy atom. The van der Waals surface area contributed by atoms with Gasteiger partial charge in [0.25, 0.3) is 0 Å². The van der Waals surface area contributed by atoms with E-state index >= 15 is 0 Å². The average Bonchev–Trinajstić information content (AvgIpc) is 2.63. The first-order valence-electron chi connectivity index (χ1n) is 8.52. The maximum Gasteiger partial charge on any atom is 0.222 e. The monoisotopic (exact) mass is 342 g/mol. The molecule has 5 nitrogen and oxygen atoms in total. The average molecular weight is 342 g/mol. The summed E-state index contributed by atoms with van der Waals surface area (Å²) >= 11 is 0. The fraction of sp³-hybridized carbons (Fsp3) is 0.368. The molecule has 0 aliphatic carbocycles. The van der Waals surface area contributed by atoms with Gasteiger partial charge < -0.3 is 16.0 Å². The van der Waals surface area contributed by atoms with E-state index in [1.54, 1.807) is 18.3 Å². The molecule has 1 aliphatic heterocycles. The number of amides is 1. The van der Waals surface area contributed by atoms with Gasteiger partial charge >= 0.3 is 0 Å². The second-order valence-electron chi connectivity index (χ2n) is 6.52. The Balaban J connectivity index is 1.62. The lowest BCUT2D eigenvalue weighted by atomic mass is 9.97. The topological polar surface area (TPSA) is 71.2 Å². The number of piperidine rings is 1. The molecular weight excluding hydrogens is 319 g/mol. The Bertz CT molecular complexity index is 748. The van der Waals surface area contributed by atoms with E-state index in [4.69, 9.17) is 5.73 Å². The van der Waals surface area contributed by atoms with Crippen molar-refractivity contribution < 1.29 is 9.18 Å². The number of aromatic nitrogens is 1. The van der Waals surface area contributed by atoms with E-state index < -0.39 is 0 Å². The maximum atomic E-state index is 13.3. The van der Waals surface area contributed by atoms with Gasteiger partial charge in [0.05, 0.1) is 17.8 Å². The summed E-state index contributed by atoms with van der Waals surface area (Å²) in [6, 6.07) is 8.67. The van der Waals surface area contributed by atoms with Gasteiger partial charge in [0.2, 0.25) is 5.91 Å². The third-order valence-electron chi connectivity index (χ3n) is 4.69. The van der Waals surface area contributed by atoms with E-state index in [0.29, 0.717) is 13.1 Å². The Morgan fingerprint density at radius 3 is 2.96 bits per heavy atom. The number of carbonyl (C=O) groups excluding carboxylic acids is 1. The van der Waals surface area contributed by atoms with E-state index in [2.05, 4.69) is 15.2 Å². The molecule has 0 spiro atoms. The van der Waals surface area contributed by atoms with E-state index in [1.165, 1.54) is 6.07 Å². The highest BCUT2D eigenvalue weighted by Crippen LogP contribution is 2.22. The number of hydrogen-bond donors (Lipinski definition) is 2. The zero-order valence-corrected chi connectivity index (χ0v) is 14.3. The van der Waals surface area contributed by atoms with Gasteiger partial charge in [-0.15, -0.1) is 0 Å². The Hall–Kier alpha value is -2.63. The fourth-order valence-electron chi connectivity index (χ4n) is 3.12. The van der Waals surface area contributed by atoms with Gasteiger partial charge in [-0.1, -0.05) is 6.07 Å². The summed E-state index contributed by atoms with van der Waals surface area (Å²) in [6.07, 6.45) is 3.55. The number of benzene rings is 1. The first-order chi connectivity index (χ1) is 12.0. The third-order valence-corrected chi connectivity index (χ3v) is 4.69. The van der Waals surface area contributed by atoms with Crippen molar-refractivity contribution in [1.82, 2.24) is 4.98 Å². The van der Waals surface area contributed by atoms with Crippen molar-refractivity contribution in [2.75, 3.05) is 23.3 Å². The van der Waals surface area contributed by atoms with Crippen molar-refractivity contribution >= 4 is 17.4 Å². The molecule has 3 N–H and O–H groups in total. The molecule has 1 aliphatic rings. The van der Waals surface area contributed by atoms with Crippen LogP contribution < -0.4 is 16.0 Å². The molecule has 1 fully saturated rings. The molecule has 0 bridgehead atoms. The molecule has 3 rings (SSSR count). The predicted octanol–water partition coefficient (Wildman–Crippen LogP) is 2.84. The highest BCUT2D eigenvalue weighted by atomic mass is 19.1. The quantitative estimate of drug-likeness (QED) is 0.876. The number of nitrogens with two attached hydrogens (primary N) is 1. The lowest BCUT2D eigenvalue weighted by molar-refractivity contribution is -0.122. The van der Waals surface area contributed by atoms with Crippen LogP contribution in [0.4, 0.5) is 15.9 Å². The lowest BCUT2D eigenvalue weighted by Crippen LogP contribution is -2.41. The molecule has 2 heterocycles. The van der Waals surface area contributed by atoms with Gasteiger partial charge in [0, 0.05) is 19.6 Å². The standard InChI is InChI=1S/C19H23FN4O/c1-13-4-5-16(20)9-15(13)10-22-17-6-7-18(23-11-17)24-8-2-3-14(12-24)19(21)25/h4-7,9,11,14,22H,2-3,8,10,12H2,1H3,(H2,21,25)/t14-/m0/s1. The van der Waals surface area contributed by atoms with Crippen LogP contribution in [0.15, 0.2) is 36.5 Å². The van der Waals surface area contributed by atoms with Crippen LogP contribution in [0.1, 0.15) is 24.0 Å². The SMILES string of the molecule is Cc1ccc(F)cc1CNc1ccc(N2CCC[C@H](C(N)=O)C2)nc1. The van der Waals surface area contributed by atoms with Crippen molar-refractivity contribution in [1.29, 1.82) is 0 Å². The van der Waals surface area contributed by atoms with Crippen LogP contribution in [-0.2, 0) is 11.3 Å². The fourth-order valence-corrected chi connectivity index (χ4v) is 3.12. The molecule has 0 unspecified atom stereocenters. The van der Waals surface area contributed by atoms with Crippen molar-refractivity contribution in [2.24, 2.45) is 11.7 Å². The van der Waals surface area contributed by atoms with Gasteiger partial charge in [-0.3, -0.25) is 4.79 Å². The van der Waals surface area contributed by atoms with Crippen LogP contribution in [0.25, 0.3) is 0 Å². The normalized spacial score (nSPS) is 17.4. The summed E-state index contributed by atoms with van der Waals surface area (Å²) in [4.78, 5) is 18.0. The highest BCUT2D eigenvalue weighted by Gasteiger charge is 2.24. The number of anilines is 2. The molecule has 0 saturated carbocycles. The van der Waals surface area contributed by atoms with Gasteiger partial charge in [0.15, 0.2) is 0 Å². The molecule has 1 aromatic heterocycles. The summed E-state index contributed by atoms with van der Waals surface area (Å²) in [5.74, 6) is 0.265. The Morgan fingerprint density at radius 1 is 1.40 bits per heavy atom. The van der Waals surface area contributed by atoms with Crippen LogP contribution >= 0.6 is 0 Å². The van der Waals surface area contributed by atoms with Gasteiger partial charge in [-0.2, -0.15) is 0 Å². The highest BCUT2D eigenvalue weighted by molar-refractivity contribution is 5.77. The second-order valence-corrected chi connectivity index (χ2v) is 6.52. The van der Waals surface area contributed by atoms with E-state index in [9.17, 15) is 9.18 Å². The second kappa shape index (κ2) is 7.51. The maximum absolute atomic E-state index is 13.3. The Kier molecular flexibility index (Phi) is 5.16. The summed E-state index contributed by atoms with van der Waals surface area (Å²) < 4.78 is 13.3. The van der Waals surface area contributed by atoms with Crippen LogP contribution in [0.5, 0.6) is 0 Å². The minimum absolute atomic E-state index is 0.107. The van der Waals surface area contributed by atoms with Crippen molar-refractivity contribution in [3.8, 4) is 0 Å². The number of carbonyl (C=O) groups is 1. The van der Waals surface area contributed by atoms with Crippen LogP contribution in [-0.4, -0.2) is 24.0 Å². The molecule has 1 aromatic carbocycles. The first kappa shape index (κ1) is 17.2. The molecule has 25 heavy (non-hydrogen) atoms. The molecule has 6 heteroatoms. The summed E-state index contributed by atoms with van der Waals surface area (Å²) in [5.41, 5.74) is 8.26. The number of hydrogen-bond acceptors (Lipinski definition) is 4. The van der Waals surface area contributed by atoms with Crippen LogP contribution in [0.2, 0.25) is 0 Å². The van der Waals surface area contributed by atoms with Crippen molar-refractivity contribution in [3.63, 3.8) is 0 Å². The number of primary amides is 1. The molecule has 1 amide bonds. The van der Waals surface area contributed by atoms with Gasteiger partial charge in [0.1, 0.15) is 11.6 Å². The molecule has 1 atom stereocenters. The Labute approximate surface area is 147 Å². The number of nitrogens with zero attached hydrogens (tertiary/aromatic N) is 2. The van der Waals surface area contributed by atoms with Crippen molar-refractivity contribution in [2.45, 2.75) is 26.3 Å². The smallest absolute Gasteiger partial charge is 0.222 e. The number of nitrogens with one attached hydrogen (secondary N) is 1. The largest absolute Gasteiger partial charge is 0.380 e. The zero-order chi connectivity index (χ0) is 17.8. The lowest BCUT2D eigenvalue weighted by Gasteiger charge is -2.32. The molecular formula is C19H23FN4O. The van der Waals surface area contributed by atoms with Crippen LogP contribution in [0, 0.1) is 18.7 Å². The molecule has 132 valence electrons. The number of halogens is 1. The minimum Gasteiger partial charge on any atom is -0.380 e. The third kappa shape index (κ3) is 4.26. The number of pyridine rings is 1. The van der Waals surface area contributed by atoms with Crippen molar-refractivity contribution in [3.05, 3.63) is 53.5 Å². The molecule has 1 saturated heterocycles. The summed E-state index contributed by atoms with van der Waals surface area (Å²) in [7, 11) is 0. The van der Waals surface area contributed by atoms with E-state index in [-0.39, 0.29) is 17.6 Å². The first-order valence-corrected chi connectivity index (χ1v) is 8.52. The zero-order valence-electron chi connectivity index (χ0n) is 14.3.